The highest BCUT2D eigenvalue weighted by Gasteiger charge is 1.97. The van der Waals surface area contributed by atoms with Gasteiger partial charge in [-0.25, -0.2) is 0 Å². The van der Waals surface area contributed by atoms with Gasteiger partial charge in [0.05, 0.1) is 11.4 Å². The van der Waals surface area contributed by atoms with E-state index in [2.05, 4.69) is 9.97 Å². The highest BCUT2D eigenvalue weighted by molar-refractivity contribution is 5.73. The first-order chi connectivity index (χ1) is 7.18. The molecule has 1 amide bonds. The Labute approximate surface area is 89.9 Å². The van der Waals surface area contributed by atoms with E-state index in [1.165, 1.54) is 0 Å². The molecule has 0 radical (unpaired) electrons. The number of rotatable bonds is 6. The number of primary amides is 1. The van der Waals surface area contributed by atoms with Crippen LogP contribution in [0, 0.1) is 6.92 Å². The van der Waals surface area contributed by atoms with Crippen LogP contribution in [-0.4, -0.2) is 15.9 Å². The van der Waals surface area contributed by atoms with Crippen molar-refractivity contribution in [2.24, 2.45) is 5.73 Å². The van der Waals surface area contributed by atoms with Gasteiger partial charge in [0.15, 0.2) is 0 Å². The van der Waals surface area contributed by atoms with Gasteiger partial charge in [0.2, 0.25) is 5.91 Å². The summed E-state index contributed by atoms with van der Waals surface area (Å²) in [5, 5.41) is 0. The Morgan fingerprint density at radius 2 is 2.07 bits per heavy atom. The Hall–Kier alpha value is -1.45. The average Bonchev–Trinajstić information content (AvgIpc) is 2.20. The number of aryl methyl sites for hydroxylation is 2. The van der Waals surface area contributed by atoms with Gasteiger partial charge >= 0.3 is 0 Å². The molecule has 0 saturated heterocycles. The number of aromatic nitrogens is 2. The third-order valence-electron chi connectivity index (χ3n) is 2.19. The van der Waals surface area contributed by atoms with Crippen molar-refractivity contribution in [2.45, 2.75) is 39.0 Å². The molecule has 4 nitrogen and oxygen atoms in total. The summed E-state index contributed by atoms with van der Waals surface area (Å²) in [6, 6.07) is 0. The molecule has 0 aliphatic rings. The van der Waals surface area contributed by atoms with Gasteiger partial charge in [0.1, 0.15) is 0 Å². The second-order valence-corrected chi connectivity index (χ2v) is 3.68. The first-order valence-corrected chi connectivity index (χ1v) is 5.24. The van der Waals surface area contributed by atoms with E-state index in [4.69, 9.17) is 5.73 Å². The fourth-order valence-corrected chi connectivity index (χ4v) is 1.33. The van der Waals surface area contributed by atoms with Crippen molar-refractivity contribution in [1.29, 1.82) is 0 Å². The second kappa shape index (κ2) is 6.11. The van der Waals surface area contributed by atoms with E-state index in [9.17, 15) is 4.79 Å². The van der Waals surface area contributed by atoms with E-state index in [1.807, 2.05) is 13.1 Å². The fourth-order valence-electron chi connectivity index (χ4n) is 1.33. The third-order valence-corrected chi connectivity index (χ3v) is 2.19. The first-order valence-electron chi connectivity index (χ1n) is 5.24. The van der Waals surface area contributed by atoms with E-state index in [0.717, 1.165) is 37.1 Å². The highest BCUT2D eigenvalue weighted by Crippen LogP contribution is 2.04. The van der Waals surface area contributed by atoms with Crippen molar-refractivity contribution >= 4 is 5.91 Å². The van der Waals surface area contributed by atoms with Crippen LogP contribution in [0.4, 0.5) is 0 Å². The summed E-state index contributed by atoms with van der Waals surface area (Å²) in [6.45, 7) is 1.92. The van der Waals surface area contributed by atoms with Crippen molar-refractivity contribution in [3.8, 4) is 0 Å². The monoisotopic (exact) mass is 207 g/mol. The van der Waals surface area contributed by atoms with Crippen LogP contribution < -0.4 is 5.73 Å². The van der Waals surface area contributed by atoms with Crippen LogP contribution in [0.3, 0.4) is 0 Å². The molecule has 2 N–H and O–H groups in total. The lowest BCUT2D eigenvalue weighted by Gasteiger charge is -2.00. The summed E-state index contributed by atoms with van der Waals surface area (Å²) in [5.74, 6) is -0.217. The molecular formula is C11H17N3O. The molecule has 0 spiro atoms. The molecule has 0 unspecified atom stereocenters. The van der Waals surface area contributed by atoms with Gasteiger partial charge in [-0.15, -0.1) is 0 Å². The summed E-state index contributed by atoms with van der Waals surface area (Å²) >= 11 is 0. The fraction of sp³-hybridized carbons (Fsp3) is 0.545. The number of unbranched alkanes of at least 4 members (excludes halogenated alkanes) is 2. The van der Waals surface area contributed by atoms with Gasteiger partial charge in [0.25, 0.3) is 0 Å². The van der Waals surface area contributed by atoms with Crippen LogP contribution in [0.15, 0.2) is 12.4 Å². The van der Waals surface area contributed by atoms with Crippen molar-refractivity contribution in [1.82, 2.24) is 9.97 Å². The van der Waals surface area contributed by atoms with Gasteiger partial charge in [-0.05, 0) is 26.2 Å². The molecule has 0 atom stereocenters. The van der Waals surface area contributed by atoms with Gasteiger partial charge in [-0.1, -0.05) is 6.42 Å². The Kier molecular flexibility index (Phi) is 4.74. The zero-order valence-electron chi connectivity index (χ0n) is 9.07. The SMILES string of the molecule is Cc1cnc(CCCCCC(N)=O)cn1. The van der Waals surface area contributed by atoms with Crippen LogP contribution >= 0.6 is 0 Å². The normalized spacial score (nSPS) is 10.2. The summed E-state index contributed by atoms with van der Waals surface area (Å²) in [5.41, 5.74) is 6.99. The molecule has 1 heterocycles. The van der Waals surface area contributed by atoms with Crippen LogP contribution in [-0.2, 0) is 11.2 Å². The van der Waals surface area contributed by atoms with Crippen LogP contribution in [0.2, 0.25) is 0 Å². The molecule has 0 bridgehead atoms. The molecule has 0 aliphatic carbocycles. The molecule has 4 heteroatoms. The van der Waals surface area contributed by atoms with Gasteiger partial charge in [-0.3, -0.25) is 14.8 Å². The molecule has 1 aromatic heterocycles. The molecule has 82 valence electrons. The maximum atomic E-state index is 10.5. The Bertz CT molecular complexity index is 308. The van der Waals surface area contributed by atoms with Crippen molar-refractivity contribution in [3.63, 3.8) is 0 Å². The van der Waals surface area contributed by atoms with Crippen molar-refractivity contribution < 1.29 is 4.79 Å². The minimum absolute atomic E-state index is 0.217. The predicted molar refractivity (Wildman–Crippen MR) is 58.1 cm³/mol. The molecule has 0 aliphatic heterocycles. The highest BCUT2D eigenvalue weighted by atomic mass is 16.1. The number of amides is 1. The molecule has 15 heavy (non-hydrogen) atoms. The smallest absolute Gasteiger partial charge is 0.217 e. The molecule has 0 saturated carbocycles. The standard InChI is InChI=1S/C11H17N3O/c1-9-7-14-10(8-13-9)5-3-2-4-6-11(12)15/h7-8H,2-6H2,1H3,(H2,12,15). The summed E-state index contributed by atoms with van der Waals surface area (Å²) in [7, 11) is 0. The number of hydrogen-bond acceptors (Lipinski definition) is 3. The lowest BCUT2D eigenvalue weighted by atomic mass is 10.1. The molecule has 0 aromatic carbocycles. The van der Waals surface area contributed by atoms with Gasteiger partial charge in [0, 0.05) is 18.8 Å². The van der Waals surface area contributed by atoms with Crippen molar-refractivity contribution in [3.05, 3.63) is 23.8 Å². The number of nitrogens with two attached hydrogens (primary N) is 1. The zero-order chi connectivity index (χ0) is 11.1. The topological polar surface area (TPSA) is 68.9 Å². The number of carbonyl (C=O) groups excluding carboxylic acids is 1. The summed E-state index contributed by atoms with van der Waals surface area (Å²) < 4.78 is 0. The van der Waals surface area contributed by atoms with Crippen LogP contribution in [0.1, 0.15) is 37.1 Å². The summed E-state index contributed by atoms with van der Waals surface area (Å²) in [6.07, 6.45) is 7.91. The van der Waals surface area contributed by atoms with Gasteiger partial charge < -0.3 is 5.73 Å². The maximum Gasteiger partial charge on any atom is 0.217 e. The average molecular weight is 207 g/mol. The Balaban J connectivity index is 2.15. The second-order valence-electron chi connectivity index (χ2n) is 3.68. The quantitative estimate of drug-likeness (QED) is 0.716. The number of nitrogens with zero attached hydrogens (tertiary/aromatic N) is 2. The predicted octanol–water partition coefficient (Wildman–Crippen LogP) is 1.37. The summed E-state index contributed by atoms with van der Waals surface area (Å²) in [4.78, 5) is 18.9. The van der Waals surface area contributed by atoms with E-state index in [0.29, 0.717) is 6.42 Å². The number of carbonyl (C=O) groups is 1. The Morgan fingerprint density at radius 1 is 1.27 bits per heavy atom. The molecule has 1 rings (SSSR count). The maximum absolute atomic E-state index is 10.5. The molecular weight excluding hydrogens is 190 g/mol. The van der Waals surface area contributed by atoms with E-state index >= 15 is 0 Å². The van der Waals surface area contributed by atoms with E-state index < -0.39 is 0 Å². The lowest BCUT2D eigenvalue weighted by molar-refractivity contribution is -0.118. The number of hydrogen-bond donors (Lipinski definition) is 1. The van der Waals surface area contributed by atoms with Crippen LogP contribution in [0.25, 0.3) is 0 Å². The van der Waals surface area contributed by atoms with E-state index in [-0.39, 0.29) is 5.91 Å². The van der Waals surface area contributed by atoms with Crippen molar-refractivity contribution in [2.75, 3.05) is 0 Å². The van der Waals surface area contributed by atoms with Crippen LogP contribution in [0.5, 0.6) is 0 Å². The minimum atomic E-state index is -0.217. The Morgan fingerprint density at radius 3 is 2.67 bits per heavy atom. The minimum Gasteiger partial charge on any atom is -0.370 e. The third kappa shape index (κ3) is 5.10. The van der Waals surface area contributed by atoms with Gasteiger partial charge in [-0.2, -0.15) is 0 Å². The molecule has 1 aromatic rings. The van der Waals surface area contributed by atoms with E-state index in [1.54, 1.807) is 6.20 Å². The first kappa shape index (κ1) is 11.6. The lowest BCUT2D eigenvalue weighted by Crippen LogP contribution is -2.09. The zero-order valence-corrected chi connectivity index (χ0v) is 9.07. The largest absolute Gasteiger partial charge is 0.370 e. The molecule has 0 fully saturated rings.